The Balaban J connectivity index is 0.00000117. The first-order valence-electron chi connectivity index (χ1n) is 8.41. The first-order chi connectivity index (χ1) is 12.4. The van der Waals surface area contributed by atoms with Gasteiger partial charge >= 0.3 is 0 Å². The quantitative estimate of drug-likeness (QED) is 0.575. The second kappa shape index (κ2) is 8.06. The van der Waals surface area contributed by atoms with Gasteiger partial charge in [0.15, 0.2) is 0 Å². The van der Waals surface area contributed by atoms with E-state index in [1.807, 2.05) is 52.0 Å². The molecule has 0 atom stereocenters. The van der Waals surface area contributed by atoms with Crippen molar-refractivity contribution in [2.24, 2.45) is 0 Å². The summed E-state index contributed by atoms with van der Waals surface area (Å²) in [7, 11) is 1.00. The number of aromatic amines is 1. The Labute approximate surface area is 154 Å². The average Bonchev–Trinajstić information content (AvgIpc) is 3.12. The summed E-state index contributed by atoms with van der Waals surface area (Å²) >= 11 is 0. The normalized spacial score (nSPS) is 10.6. The van der Waals surface area contributed by atoms with Crippen molar-refractivity contribution in [2.75, 3.05) is 7.11 Å². The average molecular weight is 354 g/mol. The minimum absolute atomic E-state index is 0.249. The number of hydrogen-bond acceptors (Lipinski definition) is 4. The zero-order valence-corrected chi connectivity index (χ0v) is 15.8. The van der Waals surface area contributed by atoms with Crippen LogP contribution in [0.15, 0.2) is 36.8 Å². The molecule has 5 nitrogen and oxygen atoms in total. The molecule has 5 heteroatoms. The molecule has 3 aromatic rings. The maximum Gasteiger partial charge on any atom is 0.122 e. The number of benzene rings is 2. The maximum atomic E-state index is 10.7. The van der Waals surface area contributed by atoms with Crippen molar-refractivity contribution in [1.29, 1.82) is 0 Å². The number of nitrogens with one attached hydrogen (secondary N) is 1. The molecule has 0 spiro atoms. The summed E-state index contributed by atoms with van der Waals surface area (Å²) in [6, 6.07) is 7.82. The molecule has 0 aliphatic rings. The standard InChI is InChI=1S/C20H22N2O2.CH4O/c1-11-5-13(3)19(23)15(7-11)18(17-9-21-10-22-17)16-8-12(2)6-14(4)20(16)24;1-2/h5-10,18,23-24H,1-4H3,(H,21,22);2H,1H3. The van der Waals surface area contributed by atoms with Crippen molar-refractivity contribution in [3.05, 3.63) is 75.9 Å². The van der Waals surface area contributed by atoms with Gasteiger partial charge in [-0.05, 0) is 38.8 Å². The van der Waals surface area contributed by atoms with Gasteiger partial charge in [-0.15, -0.1) is 0 Å². The molecule has 0 radical (unpaired) electrons. The molecule has 0 bridgehead atoms. The predicted octanol–water partition coefficient (Wildman–Crippen LogP) is 3.84. The van der Waals surface area contributed by atoms with Crippen LogP contribution in [0.5, 0.6) is 11.5 Å². The van der Waals surface area contributed by atoms with Gasteiger partial charge in [-0.2, -0.15) is 0 Å². The highest BCUT2D eigenvalue weighted by atomic mass is 16.3. The molecule has 3 rings (SSSR count). The number of aromatic nitrogens is 2. The van der Waals surface area contributed by atoms with E-state index < -0.39 is 0 Å². The number of nitrogens with zero attached hydrogens (tertiary/aromatic N) is 1. The van der Waals surface area contributed by atoms with Crippen LogP contribution >= 0.6 is 0 Å². The highest BCUT2D eigenvalue weighted by Gasteiger charge is 2.26. The van der Waals surface area contributed by atoms with Crippen LogP contribution in [0, 0.1) is 27.7 Å². The lowest BCUT2D eigenvalue weighted by Gasteiger charge is -2.22. The second-order valence-corrected chi connectivity index (χ2v) is 6.48. The van der Waals surface area contributed by atoms with E-state index in [4.69, 9.17) is 5.11 Å². The van der Waals surface area contributed by atoms with Crippen molar-refractivity contribution in [2.45, 2.75) is 33.6 Å². The van der Waals surface area contributed by atoms with E-state index in [0.29, 0.717) is 0 Å². The molecule has 0 aliphatic heterocycles. The first-order valence-corrected chi connectivity index (χ1v) is 8.41. The first kappa shape index (κ1) is 19.5. The van der Waals surface area contributed by atoms with Crippen LogP contribution in [0.25, 0.3) is 0 Å². The monoisotopic (exact) mass is 354 g/mol. The fraction of sp³-hybridized carbons (Fsp3) is 0.286. The van der Waals surface area contributed by atoms with Gasteiger partial charge < -0.3 is 20.3 Å². The minimum atomic E-state index is -0.315. The number of aryl methyl sites for hydroxylation is 4. The SMILES string of the molecule is CO.Cc1cc(C)c(O)c(C(c2cnc[nH]2)c2cc(C)cc(C)c2O)c1. The van der Waals surface area contributed by atoms with Crippen LogP contribution in [0.4, 0.5) is 0 Å². The molecule has 0 saturated carbocycles. The predicted molar refractivity (Wildman–Crippen MR) is 103 cm³/mol. The van der Waals surface area contributed by atoms with Crippen LogP contribution < -0.4 is 0 Å². The number of hydrogen-bond donors (Lipinski definition) is 4. The van der Waals surface area contributed by atoms with Gasteiger partial charge in [-0.25, -0.2) is 4.98 Å². The largest absolute Gasteiger partial charge is 0.507 e. The van der Waals surface area contributed by atoms with Crippen molar-refractivity contribution >= 4 is 0 Å². The third-order valence-corrected chi connectivity index (χ3v) is 4.40. The van der Waals surface area contributed by atoms with Gasteiger partial charge in [-0.1, -0.05) is 35.4 Å². The smallest absolute Gasteiger partial charge is 0.122 e. The molecule has 0 amide bonds. The van der Waals surface area contributed by atoms with E-state index in [1.54, 1.807) is 12.5 Å². The molecular formula is C21H26N2O3. The van der Waals surface area contributed by atoms with E-state index >= 15 is 0 Å². The summed E-state index contributed by atoms with van der Waals surface area (Å²) < 4.78 is 0. The molecule has 0 unspecified atom stereocenters. The van der Waals surface area contributed by atoms with Crippen molar-refractivity contribution in [3.8, 4) is 11.5 Å². The molecule has 0 aliphatic carbocycles. The molecular weight excluding hydrogens is 328 g/mol. The summed E-state index contributed by atoms with van der Waals surface area (Å²) in [5.74, 6) is 0.183. The Hall–Kier alpha value is -2.79. The molecule has 0 fully saturated rings. The molecule has 4 N–H and O–H groups in total. The maximum absolute atomic E-state index is 10.7. The van der Waals surface area contributed by atoms with Crippen molar-refractivity contribution in [1.82, 2.24) is 9.97 Å². The fourth-order valence-corrected chi connectivity index (χ4v) is 3.35. The van der Waals surface area contributed by atoms with Crippen LogP contribution in [0.2, 0.25) is 0 Å². The summed E-state index contributed by atoms with van der Waals surface area (Å²) in [6.07, 6.45) is 3.35. The number of aromatic hydroxyl groups is 2. The Bertz CT molecular complexity index is 829. The second-order valence-electron chi connectivity index (χ2n) is 6.48. The third kappa shape index (κ3) is 3.73. The molecule has 138 valence electrons. The highest BCUT2D eigenvalue weighted by molar-refractivity contribution is 5.56. The van der Waals surface area contributed by atoms with Gasteiger partial charge in [0, 0.05) is 30.1 Å². The molecule has 26 heavy (non-hydrogen) atoms. The van der Waals surface area contributed by atoms with E-state index in [0.717, 1.165) is 46.2 Å². The number of imidazole rings is 1. The number of rotatable bonds is 3. The Morgan fingerprint density at radius 3 is 1.65 bits per heavy atom. The topological polar surface area (TPSA) is 89.4 Å². The number of phenolic OH excluding ortho intramolecular Hbond substituents is 2. The van der Waals surface area contributed by atoms with E-state index in [-0.39, 0.29) is 17.4 Å². The number of H-pyrrole nitrogens is 1. The van der Waals surface area contributed by atoms with E-state index in [1.165, 1.54) is 0 Å². The van der Waals surface area contributed by atoms with Crippen molar-refractivity contribution < 1.29 is 15.3 Å². The Kier molecular flexibility index (Phi) is 6.05. The third-order valence-electron chi connectivity index (χ3n) is 4.40. The van der Waals surface area contributed by atoms with Gasteiger partial charge in [-0.3, -0.25) is 0 Å². The van der Waals surface area contributed by atoms with Crippen LogP contribution in [-0.4, -0.2) is 32.4 Å². The molecule has 2 aromatic carbocycles. The number of phenols is 2. The van der Waals surface area contributed by atoms with Crippen LogP contribution in [0.3, 0.4) is 0 Å². The van der Waals surface area contributed by atoms with Gasteiger partial charge in [0.25, 0.3) is 0 Å². The molecule has 0 saturated heterocycles. The molecule has 1 heterocycles. The van der Waals surface area contributed by atoms with Crippen LogP contribution in [0.1, 0.15) is 45.0 Å². The summed E-state index contributed by atoms with van der Waals surface area (Å²) in [6.45, 7) is 7.77. The van der Waals surface area contributed by atoms with Crippen LogP contribution in [-0.2, 0) is 0 Å². The Morgan fingerprint density at radius 1 is 0.808 bits per heavy atom. The van der Waals surface area contributed by atoms with Gasteiger partial charge in [0.05, 0.1) is 12.2 Å². The van der Waals surface area contributed by atoms with Crippen molar-refractivity contribution in [3.63, 3.8) is 0 Å². The lowest BCUT2D eigenvalue weighted by molar-refractivity contribution is 0.399. The summed E-state index contributed by atoms with van der Waals surface area (Å²) in [4.78, 5) is 7.26. The minimum Gasteiger partial charge on any atom is -0.507 e. The zero-order chi connectivity index (χ0) is 19.4. The number of aliphatic hydroxyl groups excluding tert-OH is 1. The Morgan fingerprint density at radius 2 is 1.27 bits per heavy atom. The summed E-state index contributed by atoms with van der Waals surface area (Å²) in [5, 5.41) is 28.3. The zero-order valence-electron chi connectivity index (χ0n) is 15.8. The van der Waals surface area contributed by atoms with Gasteiger partial charge in [0.1, 0.15) is 11.5 Å². The lowest BCUT2D eigenvalue weighted by Crippen LogP contribution is -2.07. The summed E-state index contributed by atoms with van der Waals surface area (Å²) in [5.41, 5.74) is 6.11. The molecule has 1 aromatic heterocycles. The fourth-order valence-electron chi connectivity index (χ4n) is 3.35. The van der Waals surface area contributed by atoms with Gasteiger partial charge in [0.2, 0.25) is 0 Å². The number of aliphatic hydroxyl groups is 1. The van der Waals surface area contributed by atoms with E-state index in [9.17, 15) is 10.2 Å². The lowest BCUT2D eigenvalue weighted by atomic mass is 9.84. The van der Waals surface area contributed by atoms with E-state index in [2.05, 4.69) is 9.97 Å². The highest BCUT2D eigenvalue weighted by Crippen LogP contribution is 2.42.